The molecule has 0 saturated carbocycles. The molecule has 0 aromatic heterocycles. The normalized spacial score (nSPS) is 32.1. The monoisotopic (exact) mass is 584 g/mol. The topological polar surface area (TPSA) is 98.2 Å². The molecule has 1 aromatic rings. The Balaban J connectivity index is 1.85. The molecular weight excluding hydrogens is 556 g/mol. The molecule has 3 heterocycles. The number of halogens is 2. The van der Waals surface area contributed by atoms with E-state index in [9.17, 15) is 24.6 Å². The van der Waals surface area contributed by atoms with Gasteiger partial charge in [-0.1, -0.05) is 47.5 Å². The minimum Gasteiger partial charge on any atom is -0.481 e. The van der Waals surface area contributed by atoms with E-state index in [1.807, 2.05) is 13.8 Å². The number of benzene rings is 1. The van der Waals surface area contributed by atoms with E-state index in [-0.39, 0.29) is 41.0 Å². The van der Waals surface area contributed by atoms with Crippen molar-refractivity contribution in [2.75, 3.05) is 18.1 Å². The second-order valence-electron chi connectivity index (χ2n) is 9.93. The minimum absolute atomic E-state index is 0.131. The number of amides is 2. The van der Waals surface area contributed by atoms with Gasteiger partial charge in [0.05, 0.1) is 29.2 Å². The number of carbonyl (C=O) groups excluding carboxylic acids is 2. The van der Waals surface area contributed by atoms with Gasteiger partial charge < -0.3 is 20.0 Å². The molecule has 2 amide bonds. The lowest BCUT2D eigenvalue weighted by Gasteiger charge is -2.40. The first-order valence-corrected chi connectivity index (χ1v) is 13.9. The number of carbonyl (C=O) groups is 3. The van der Waals surface area contributed by atoms with Crippen molar-refractivity contribution in [3.05, 3.63) is 41.9 Å². The first kappa shape index (κ1) is 26.5. The lowest BCUT2D eigenvalue weighted by Crippen LogP contribution is -2.58. The predicted molar refractivity (Wildman–Crippen MR) is 141 cm³/mol. The Kier molecular flexibility index (Phi) is 7.63. The summed E-state index contributed by atoms with van der Waals surface area (Å²) in [5.41, 5.74) is 0.610. The van der Waals surface area contributed by atoms with Crippen molar-refractivity contribution in [1.82, 2.24) is 4.90 Å². The van der Waals surface area contributed by atoms with Gasteiger partial charge in [0.15, 0.2) is 0 Å². The van der Waals surface area contributed by atoms with E-state index < -0.39 is 34.6 Å². The van der Waals surface area contributed by atoms with Gasteiger partial charge in [0.1, 0.15) is 6.04 Å². The zero-order valence-corrected chi connectivity index (χ0v) is 22.8. The van der Waals surface area contributed by atoms with Gasteiger partial charge in [0.25, 0.3) is 5.91 Å². The number of nitrogens with zero attached hydrogens (tertiary/aromatic N) is 2. The van der Waals surface area contributed by atoms with Gasteiger partial charge in [-0.25, -0.2) is 0 Å². The molecule has 2 bridgehead atoms. The summed E-state index contributed by atoms with van der Waals surface area (Å²) < 4.78 is -0.897. The highest BCUT2D eigenvalue weighted by Gasteiger charge is 2.76. The number of thioether (sulfide) groups is 1. The Hall–Kier alpha value is -1.55. The Morgan fingerprint density at radius 3 is 2.57 bits per heavy atom. The lowest BCUT2D eigenvalue weighted by atomic mass is 9.71. The van der Waals surface area contributed by atoms with E-state index in [1.165, 1.54) is 16.7 Å². The lowest BCUT2D eigenvalue weighted by molar-refractivity contribution is -0.149. The number of aliphatic hydroxyl groups is 1. The molecule has 0 aliphatic carbocycles. The molecule has 190 valence electrons. The third-order valence-corrected chi connectivity index (χ3v) is 10.8. The Morgan fingerprint density at radius 1 is 1.37 bits per heavy atom. The first-order chi connectivity index (χ1) is 16.6. The van der Waals surface area contributed by atoms with Gasteiger partial charge in [-0.15, -0.1) is 18.3 Å². The van der Waals surface area contributed by atoms with Crippen LogP contribution in [-0.2, 0) is 14.4 Å². The van der Waals surface area contributed by atoms with Crippen molar-refractivity contribution in [3.8, 4) is 0 Å². The van der Waals surface area contributed by atoms with Crippen LogP contribution in [0.4, 0.5) is 5.69 Å². The molecule has 1 aromatic carbocycles. The van der Waals surface area contributed by atoms with Crippen molar-refractivity contribution >= 4 is 62.8 Å². The van der Waals surface area contributed by atoms with Crippen LogP contribution in [0.2, 0.25) is 5.02 Å². The highest BCUT2D eigenvalue weighted by molar-refractivity contribution is 9.09. The molecule has 3 saturated heterocycles. The van der Waals surface area contributed by atoms with Crippen molar-refractivity contribution in [3.63, 3.8) is 0 Å². The predicted octanol–water partition coefficient (Wildman–Crippen LogP) is 3.82. The van der Waals surface area contributed by atoms with E-state index in [1.54, 1.807) is 35.2 Å². The summed E-state index contributed by atoms with van der Waals surface area (Å²) in [6, 6.07) is 5.37. The van der Waals surface area contributed by atoms with Crippen LogP contribution < -0.4 is 4.90 Å². The first-order valence-electron chi connectivity index (χ1n) is 11.7. The molecule has 3 fully saturated rings. The number of likely N-dealkylation sites (tertiary alicyclic amines) is 1. The van der Waals surface area contributed by atoms with Crippen LogP contribution in [0.1, 0.15) is 26.7 Å². The van der Waals surface area contributed by atoms with Crippen molar-refractivity contribution in [1.29, 1.82) is 0 Å². The van der Waals surface area contributed by atoms with Crippen molar-refractivity contribution < 1.29 is 24.6 Å². The number of hydrogen-bond donors (Lipinski definition) is 2. The molecule has 7 atom stereocenters. The van der Waals surface area contributed by atoms with E-state index in [0.29, 0.717) is 23.6 Å². The van der Waals surface area contributed by atoms with Gasteiger partial charge >= 0.3 is 5.97 Å². The summed E-state index contributed by atoms with van der Waals surface area (Å²) in [6.07, 6.45) is 2.62. The largest absolute Gasteiger partial charge is 0.481 e. The van der Waals surface area contributed by atoms with Crippen LogP contribution in [0, 0.1) is 17.8 Å². The molecule has 3 aliphatic rings. The molecule has 3 aliphatic heterocycles. The second kappa shape index (κ2) is 10.1. The van der Waals surface area contributed by atoms with Crippen molar-refractivity contribution in [2.24, 2.45) is 17.8 Å². The number of hydrogen-bond acceptors (Lipinski definition) is 5. The van der Waals surface area contributed by atoms with Crippen LogP contribution >= 0.6 is 39.3 Å². The van der Waals surface area contributed by atoms with Gasteiger partial charge in [-0.05, 0) is 43.0 Å². The van der Waals surface area contributed by atoms with E-state index in [4.69, 9.17) is 11.6 Å². The standard InChI is InChI=1S/C25H30BrClN2O5S/c1-4-9-28(15-7-5-14(27)6-8-15)23(32)21-25-11-17(26)20(35-25)18(24(33)34)19(25)22(31)29(21)16(12-30)10-13(2)3/h4-8,13,16-21,30H,1,9-12H2,2-3H3,(H,33,34)/t16-,17?,18-,19+,20-,21?,25?/m1/s1. The zero-order chi connectivity index (χ0) is 25.7. The maximum Gasteiger partial charge on any atom is 0.308 e. The number of alkyl halides is 1. The molecule has 7 nitrogen and oxygen atoms in total. The fourth-order valence-electron chi connectivity index (χ4n) is 6.06. The summed E-state index contributed by atoms with van der Waals surface area (Å²) in [6.45, 7) is 7.70. The summed E-state index contributed by atoms with van der Waals surface area (Å²) in [4.78, 5) is 43.6. The maximum absolute atomic E-state index is 14.4. The number of aliphatic carboxylic acids is 1. The highest BCUT2D eigenvalue weighted by Crippen LogP contribution is 2.68. The number of fused-ring (bicyclic) bond motifs is 1. The van der Waals surface area contributed by atoms with Crippen LogP contribution in [0.25, 0.3) is 0 Å². The zero-order valence-electron chi connectivity index (χ0n) is 19.6. The summed E-state index contributed by atoms with van der Waals surface area (Å²) in [5, 5.41) is 20.6. The molecule has 35 heavy (non-hydrogen) atoms. The number of carboxylic acid groups (broad SMARTS) is 1. The van der Waals surface area contributed by atoms with Gasteiger partial charge in [-0.2, -0.15) is 0 Å². The molecule has 2 N–H and O–H groups in total. The molecule has 1 spiro atoms. The van der Waals surface area contributed by atoms with E-state index in [0.717, 1.165) is 0 Å². The molecule has 10 heteroatoms. The highest BCUT2D eigenvalue weighted by atomic mass is 79.9. The maximum atomic E-state index is 14.4. The smallest absolute Gasteiger partial charge is 0.308 e. The average Bonchev–Trinajstić information content (AvgIpc) is 3.39. The van der Waals surface area contributed by atoms with Gasteiger partial charge in [0.2, 0.25) is 5.91 Å². The summed E-state index contributed by atoms with van der Waals surface area (Å²) in [7, 11) is 0. The molecular formula is C25H30BrClN2O5S. The van der Waals surface area contributed by atoms with Crippen LogP contribution in [0.3, 0.4) is 0 Å². The van der Waals surface area contributed by atoms with Crippen LogP contribution in [0.5, 0.6) is 0 Å². The van der Waals surface area contributed by atoms with Gasteiger partial charge in [-0.3, -0.25) is 14.4 Å². The van der Waals surface area contributed by atoms with Crippen LogP contribution in [0.15, 0.2) is 36.9 Å². The van der Waals surface area contributed by atoms with E-state index >= 15 is 0 Å². The molecule has 0 radical (unpaired) electrons. The van der Waals surface area contributed by atoms with Gasteiger partial charge in [0, 0.05) is 27.3 Å². The number of rotatable bonds is 9. The fourth-order valence-corrected chi connectivity index (χ4v) is 9.78. The second-order valence-corrected chi connectivity index (χ2v) is 13.1. The summed E-state index contributed by atoms with van der Waals surface area (Å²) in [5.74, 6) is -3.23. The molecule has 3 unspecified atom stereocenters. The Labute approximate surface area is 223 Å². The third-order valence-electron chi connectivity index (χ3n) is 7.31. The SMILES string of the molecule is C=CCN(C(=O)C1N([C@@H](CO)CC(C)C)C(=O)[C@@H]2[C@@H](C(=O)O)[C@@H]3SC12CC3Br)c1ccc(Cl)cc1. The number of carboxylic acids is 1. The number of aliphatic hydroxyl groups excluding tert-OH is 1. The number of anilines is 1. The Bertz CT molecular complexity index is 1020. The van der Waals surface area contributed by atoms with E-state index in [2.05, 4.69) is 22.5 Å². The average molecular weight is 586 g/mol. The minimum atomic E-state index is -1.02. The Morgan fingerprint density at radius 2 is 2.03 bits per heavy atom. The quantitative estimate of drug-likeness (QED) is 0.338. The fraction of sp³-hybridized carbons (Fsp3) is 0.560. The summed E-state index contributed by atoms with van der Waals surface area (Å²) >= 11 is 11.2. The third kappa shape index (κ3) is 4.32. The van der Waals surface area contributed by atoms with Crippen LogP contribution in [-0.4, -0.2) is 73.0 Å². The van der Waals surface area contributed by atoms with Crippen molar-refractivity contribution in [2.45, 2.75) is 53.6 Å². The molecule has 4 rings (SSSR count).